The Morgan fingerprint density at radius 3 is 2.10 bits per heavy atom. The van der Waals surface area contributed by atoms with E-state index in [1.165, 1.54) is 11.1 Å². The van der Waals surface area contributed by atoms with Gasteiger partial charge in [0.25, 0.3) is 0 Å². The van der Waals surface area contributed by atoms with Gasteiger partial charge in [0.1, 0.15) is 12.4 Å². The summed E-state index contributed by atoms with van der Waals surface area (Å²) >= 11 is 0. The summed E-state index contributed by atoms with van der Waals surface area (Å²) in [6, 6.07) is 7.06. The van der Waals surface area contributed by atoms with Gasteiger partial charge in [0.2, 0.25) is 0 Å². The average Bonchev–Trinajstić information content (AvgIpc) is 2.37. The largest absolute Gasteiger partial charge is 0.492 e. The fraction of sp³-hybridized carbons (Fsp3) is 0.684. The Kier molecular flexibility index (Phi) is 5.86. The molecule has 2 nitrogen and oxygen atoms in total. The van der Waals surface area contributed by atoms with Crippen molar-refractivity contribution >= 4 is 0 Å². The molecule has 0 amide bonds. The number of rotatable bonds is 5. The van der Waals surface area contributed by atoms with Crippen molar-refractivity contribution in [3.8, 4) is 5.75 Å². The lowest BCUT2D eigenvalue weighted by molar-refractivity contribution is 0.261. The van der Waals surface area contributed by atoms with Crippen molar-refractivity contribution in [2.24, 2.45) is 0 Å². The zero-order valence-corrected chi connectivity index (χ0v) is 15.1. The summed E-state index contributed by atoms with van der Waals surface area (Å²) in [4.78, 5) is 0. The molecule has 120 valence electrons. The van der Waals surface area contributed by atoms with Crippen LogP contribution >= 0.6 is 0 Å². The van der Waals surface area contributed by atoms with E-state index in [1.807, 2.05) is 7.05 Å². The van der Waals surface area contributed by atoms with Crippen molar-refractivity contribution in [1.82, 2.24) is 5.32 Å². The lowest BCUT2D eigenvalue weighted by atomic mass is 9.80. The van der Waals surface area contributed by atoms with E-state index in [1.54, 1.807) is 0 Å². The Bertz CT molecular complexity index is 448. The smallest absolute Gasteiger partial charge is 0.123 e. The molecule has 1 atom stereocenters. The topological polar surface area (TPSA) is 21.3 Å². The minimum absolute atomic E-state index is 0.0813. The molecule has 0 aliphatic carbocycles. The third-order valence-electron chi connectivity index (χ3n) is 3.99. The maximum atomic E-state index is 6.11. The summed E-state index contributed by atoms with van der Waals surface area (Å²) in [6.45, 7) is 16.4. The molecular formula is C19H33NO. The van der Waals surface area contributed by atoms with Crippen LogP contribution in [-0.4, -0.2) is 19.7 Å². The molecule has 0 bridgehead atoms. The molecule has 0 fully saturated rings. The molecule has 0 saturated heterocycles. The number of ether oxygens (including phenoxy) is 1. The molecule has 1 aromatic rings. The molecule has 0 spiro atoms. The summed E-state index contributed by atoms with van der Waals surface area (Å²) in [6.07, 6.45) is 1.07. The van der Waals surface area contributed by atoms with E-state index in [4.69, 9.17) is 4.74 Å². The minimum atomic E-state index is 0.0813. The second-order valence-corrected chi connectivity index (χ2v) is 7.92. The highest BCUT2D eigenvalue weighted by Crippen LogP contribution is 2.35. The van der Waals surface area contributed by atoms with Crippen molar-refractivity contribution < 1.29 is 4.74 Å². The Morgan fingerprint density at radius 2 is 1.67 bits per heavy atom. The Hall–Kier alpha value is -1.02. The monoisotopic (exact) mass is 291 g/mol. The molecule has 0 radical (unpaired) electrons. The highest BCUT2D eigenvalue weighted by molar-refractivity contribution is 5.43. The van der Waals surface area contributed by atoms with E-state index in [9.17, 15) is 0 Å². The molecule has 1 unspecified atom stereocenters. The van der Waals surface area contributed by atoms with Crippen LogP contribution in [0.25, 0.3) is 0 Å². The van der Waals surface area contributed by atoms with E-state index in [0.29, 0.717) is 12.6 Å². The first-order chi connectivity index (χ1) is 9.59. The summed E-state index contributed by atoms with van der Waals surface area (Å²) < 4.78 is 6.11. The van der Waals surface area contributed by atoms with Crippen LogP contribution in [0, 0.1) is 0 Å². The van der Waals surface area contributed by atoms with Gasteiger partial charge in [0.15, 0.2) is 0 Å². The zero-order valence-electron chi connectivity index (χ0n) is 15.1. The van der Waals surface area contributed by atoms with Crippen LogP contribution in [0.3, 0.4) is 0 Å². The molecular weight excluding hydrogens is 258 g/mol. The van der Waals surface area contributed by atoms with Gasteiger partial charge < -0.3 is 10.1 Å². The maximum Gasteiger partial charge on any atom is 0.123 e. The van der Waals surface area contributed by atoms with Crippen molar-refractivity contribution in [3.05, 3.63) is 29.3 Å². The van der Waals surface area contributed by atoms with Gasteiger partial charge in [-0.05, 0) is 41.5 Å². The van der Waals surface area contributed by atoms with Crippen LogP contribution in [0.2, 0.25) is 0 Å². The summed E-state index contributed by atoms with van der Waals surface area (Å²) in [5.74, 6) is 1.02. The molecule has 0 saturated carbocycles. The summed E-state index contributed by atoms with van der Waals surface area (Å²) in [7, 11) is 1.99. The highest BCUT2D eigenvalue weighted by Gasteiger charge is 2.23. The van der Waals surface area contributed by atoms with E-state index < -0.39 is 0 Å². The van der Waals surface area contributed by atoms with Gasteiger partial charge in [-0.1, -0.05) is 60.6 Å². The number of hydrogen-bond donors (Lipinski definition) is 1. The Morgan fingerprint density at radius 1 is 1.05 bits per heavy atom. The number of nitrogens with one attached hydrogen (secondary N) is 1. The maximum absolute atomic E-state index is 6.11. The number of likely N-dealkylation sites (N-methyl/N-ethyl adjacent to an activating group) is 1. The molecule has 21 heavy (non-hydrogen) atoms. The molecule has 1 rings (SSSR count). The van der Waals surface area contributed by atoms with Crippen molar-refractivity contribution in [3.63, 3.8) is 0 Å². The predicted octanol–water partition coefficient (Wildman–Crippen LogP) is 4.66. The molecule has 1 aromatic carbocycles. The second-order valence-electron chi connectivity index (χ2n) is 7.92. The van der Waals surface area contributed by atoms with Crippen LogP contribution in [0.5, 0.6) is 5.75 Å². The van der Waals surface area contributed by atoms with Gasteiger partial charge in [0.05, 0.1) is 0 Å². The number of benzene rings is 1. The zero-order chi connectivity index (χ0) is 16.3. The quantitative estimate of drug-likeness (QED) is 0.852. The van der Waals surface area contributed by atoms with Gasteiger partial charge >= 0.3 is 0 Å². The van der Waals surface area contributed by atoms with Crippen LogP contribution in [0.15, 0.2) is 18.2 Å². The third-order valence-corrected chi connectivity index (χ3v) is 3.99. The standard InChI is InChI=1S/C19H33NO/c1-9-15(20-8)13-21-17-11-10-14(18(2,3)4)12-16(17)19(5,6)7/h10-12,15,20H,9,13H2,1-8H3. The van der Waals surface area contributed by atoms with Gasteiger partial charge in [-0.15, -0.1) is 0 Å². The van der Waals surface area contributed by atoms with Crippen LogP contribution < -0.4 is 10.1 Å². The number of hydrogen-bond acceptors (Lipinski definition) is 2. The van der Waals surface area contributed by atoms with Crippen molar-refractivity contribution in [2.75, 3.05) is 13.7 Å². The first-order valence-electron chi connectivity index (χ1n) is 8.04. The first-order valence-corrected chi connectivity index (χ1v) is 8.04. The van der Waals surface area contributed by atoms with Crippen LogP contribution in [0.1, 0.15) is 66.0 Å². The SMILES string of the molecule is CCC(COc1ccc(C(C)(C)C)cc1C(C)(C)C)NC. The van der Waals surface area contributed by atoms with Gasteiger partial charge in [-0.2, -0.15) is 0 Å². The molecule has 0 aliphatic heterocycles. The lowest BCUT2D eigenvalue weighted by Crippen LogP contribution is -2.31. The molecule has 1 N–H and O–H groups in total. The predicted molar refractivity (Wildman–Crippen MR) is 92.5 cm³/mol. The Balaban J connectivity index is 3.09. The lowest BCUT2D eigenvalue weighted by Gasteiger charge is -2.28. The van der Waals surface area contributed by atoms with Gasteiger partial charge in [-0.3, -0.25) is 0 Å². The second kappa shape index (κ2) is 6.83. The van der Waals surface area contributed by atoms with E-state index in [2.05, 4.69) is 72.0 Å². The van der Waals surface area contributed by atoms with Gasteiger partial charge in [-0.25, -0.2) is 0 Å². The highest BCUT2D eigenvalue weighted by atomic mass is 16.5. The van der Waals surface area contributed by atoms with Crippen molar-refractivity contribution in [2.45, 2.75) is 71.8 Å². The summed E-state index contributed by atoms with van der Waals surface area (Å²) in [5, 5.41) is 3.29. The fourth-order valence-electron chi connectivity index (χ4n) is 2.30. The first kappa shape index (κ1) is 18.0. The van der Waals surface area contributed by atoms with Crippen LogP contribution in [-0.2, 0) is 10.8 Å². The fourth-order valence-corrected chi connectivity index (χ4v) is 2.30. The van der Waals surface area contributed by atoms with Crippen molar-refractivity contribution in [1.29, 1.82) is 0 Å². The molecule has 0 aliphatic rings. The summed E-state index contributed by atoms with van der Waals surface area (Å²) in [5.41, 5.74) is 2.90. The third kappa shape index (κ3) is 5.03. The molecule has 0 aromatic heterocycles. The molecule has 0 heterocycles. The van der Waals surface area contributed by atoms with E-state index in [0.717, 1.165) is 12.2 Å². The Labute approximate surface area is 131 Å². The average molecular weight is 291 g/mol. The van der Waals surface area contributed by atoms with E-state index >= 15 is 0 Å². The molecule has 2 heteroatoms. The van der Waals surface area contributed by atoms with E-state index in [-0.39, 0.29) is 10.8 Å². The normalized spacial score (nSPS) is 14.1. The van der Waals surface area contributed by atoms with Crippen LogP contribution in [0.4, 0.5) is 0 Å². The van der Waals surface area contributed by atoms with Gasteiger partial charge in [0, 0.05) is 6.04 Å². The minimum Gasteiger partial charge on any atom is -0.492 e.